The number of H-pyrrole nitrogens is 1. The van der Waals surface area contributed by atoms with E-state index in [1.54, 1.807) is 4.90 Å². The van der Waals surface area contributed by atoms with Crippen molar-refractivity contribution in [2.24, 2.45) is 11.8 Å². The molecule has 3 amide bonds. The predicted molar refractivity (Wildman–Crippen MR) is 202 cm³/mol. The zero-order chi connectivity index (χ0) is 39.8. The summed E-state index contributed by atoms with van der Waals surface area (Å²) >= 11 is 6.93. The fourth-order valence-electron chi connectivity index (χ4n) is 8.03. The van der Waals surface area contributed by atoms with Crippen LogP contribution in [-0.2, 0) is 23.6 Å². The summed E-state index contributed by atoms with van der Waals surface area (Å²) in [6.45, 7) is 3.75. The first-order valence-electron chi connectivity index (χ1n) is 18.2. The van der Waals surface area contributed by atoms with E-state index >= 15 is 0 Å². The van der Waals surface area contributed by atoms with Crippen LogP contribution in [0.2, 0.25) is 0 Å². The van der Waals surface area contributed by atoms with Crippen LogP contribution in [0.4, 0.5) is 36.8 Å². The van der Waals surface area contributed by atoms with Crippen LogP contribution in [0.15, 0.2) is 50.3 Å². The van der Waals surface area contributed by atoms with E-state index in [-0.39, 0.29) is 50.0 Å². The van der Waals surface area contributed by atoms with E-state index in [1.165, 1.54) is 10.8 Å². The highest BCUT2D eigenvalue weighted by atomic mass is 79.9. The van der Waals surface area contributed by atoms with Crippen LogP contribution in [0.25, 0.3) is 11.3 Å². The Balaban J connectivity index is 1.13. The second kappa shape index (κ2) is 16.5. The second-order valence-corrected chi connectivity index (χ2v) is 16.6. The summed E-state index contributed by atoms with van der Waals surface area (Å²) in [5.74, 6) is 1.03. The Labute approximate surface area is 331 Å². The summed E-state index contributed by atoms with van der Waals surface area (Å²) in [4.78, 5) is 48.9. The Kier molecular flexibility index (Phi) is 12.4. The van der Waals surface area contributed by atoms with E-state index in [9.17, 15) is 40.7 Å². The lowest BCUT2D eigenvalue weighted by molar-refractivity contribution is -0.143. The zero-order valence-corrected chi connectivity index (χ0v) is 33.3. The Morgan fingerprint density at radius 1 is 0.818 bits per heavy atom. The molecule has 2 aromatic carbocycles. The SMILES string of the molecule is CN1CCC(C2CCN(C(=O)[C@@H](Cc3cc(Br)c(N)c(Br)c3)NC(=O)N3CCC(n4cc(-c5cc(C(F)(F)F)cc(C(F)(F)F)c5)[nH]c4=O)CC3)CC2)CC1. The number of aromatic amines is 1. The Hall–Kier alpha value is -3.51. The molecule has 300 valence electrons. The lowest BCUT2D eigenvalue weighted by Crippen LogP contribution is -2.55. The highest BCUT2D eigenvalue weighted by Crippen LogP contribution is 2.39. The molecule has 1 aromatic heterocycles. The molecule has 3 aliphatic heterocycles. The molecule has 3 aliphatic rings. The average Bonchev–Trinajstić information content (AvgIpc) is 3.54. The molecule has 0 aliphatic carbocycles. The number of hydrogen-bond acceptors (Lipinski definition) is 5. The molecule has 3 fully saturated rings. The molecule has 0 radical (unpaired) electrons. The average molecular weight is 908 g/mol. The molecule has 6 rings (SSSR count). The van der Waals surface area contributed by atoms with E-state index in [0.717, 1.165) is 44.3 Å². The summed E-state index contributed by atoms with van der Waals surface area (Å²) < 4.78 is 83.4. The van der Waals surface area contributed by atoms with Gasteiger partial charge in [-0.1, -0.05) is 0 Å². The van der Waals surface area contributed by atoms with E-state index in [0.29, 0.717) is 51.7 Å². The van der Waals surface area contributed by atoms with Crippen molar-refractivity contribution in [1.82, 2.24) is 29.6 Å². The molecular formula is C37H43Br2F6N7O3. The highest BCUT2D eigenvalue weighted by Gasteiger charge is 2.38. The number of piperidine rings is 3. The first-order valence-corrected chi connectivity index (χ1v) is 19.8. The van der Waals surface area contributed by atoms with Crippen LogP contribution in [-0.4, -0.2) is 88.5 Å². The molecule has 1 atom stereocenters. The van der Waals surface area contributed by atoms with Crippen molar-refractivity contribution in [1.29, 1.82) is 0 Å². The molecule has 0 saturated carbocycles. The number of nitrogens with zero attached hydrogens (tertiary/aromatic N) is 4. The number of likely N-dealkylation sites (tertiary alicyclic amines) is 3. The van der Waals surface area contributed by atoms with Gasteiger partial charge in [-0.15, -0.1) is 0 Å². The third kappa shape index (κ3) is 9.72. The number of hydrogen-bond donors (Lipinski definition) is 3. The fraction of sp³-hybridized carbons (Fsp3) is 0.541. The minimum absolute atomic E-state index is 0.0319. The van der Waals surface area contributed by atoms with Gasteiger partial charge in [0.15, 0.2) is 0 Å². The zero-order valence-electron chi connectivity index (χ0n) is 30.1. The van der Waals surface area contributed by atoms with Crippen molar-refractivity contribution in [3.63, 3.8) is 0 Å². The molecule has 3 saturated heterocycles. The number of alkyl halides is 6. The normalized spacial score (nSPS) is 19.1. The number of rotatable bonds is 7. The maximum absolute atomic E-state index is 14.1. The third-order valence-corrected chi connectivity index (χ3v) is 12.6. The smallest absolute Gasteiger partial charge is 0.397 e. The van der Waals surface area contributed by atoms with Gasteiger partial charge >= 0.3 is 24.1 Å². The van der Waals surface area contributed by atoms with Crippen LogP contribution in [0.5, 0.6) is 0 Å². The van der Waals surface area contributed by atoms with Gasteiger partial charge in [-0.2, -0.15) is 26.3 Å². The number of benzene rings is 2. The van der Waals surface area contributed by atoms with Gasteiger partial charge in [-0.25, -0.2) is 9.59 Å². The topological polar surface area (TPSA) is 120 Å². The summed E-state index contributed by atoms with van der Waals surface area (Å²) in [7, 11) is 2.14. The van der Waals surface area contributed by atoms with E-state index in [1.807, 2.05) is 17.0 Å². The van der Waals surface area contributed by atoms with Crippen LogP contribution in [0.1, 0.15) is 61.3 Å². The molecular weight excluding hydrogens is 864 g/mol. The van der Waals surface area contributed by atoms with Crippen molar-refractivity contribution in [2.45, 2.75) is 69.4 Å². The van der Waals surface area contributed by atoms with Gasteiger partial charge in [-0.05, 0) is 138 Å². The molecule has 4 N–H and O–H groups in total. The molecule has 10 nitrogen and oxygen atoms in total. The van der Waals surface area contributed by atoms with Crippen molar-refractivity contribution < 1.29 is 35.9 Å². The number of halogens is 8. The van der Waals surface area contributed by atoms with Crippen LogP contribution >= 0.6 is 31.9 Å². The van der Waals surface area contributed by atoms with Crippen molar-refractivity contribution in [3.8, 4) is 11.3 Å². The van der Waals surface area contributed by atoms with Gasteiger partial charge in [0.2, 0.25) is 5.91 Å². The number of aromatic nitrogens is 2. The van der Waals surface area contributed by atoms with Crippen molar-refractivity contribution in [2.75, 3.05) is 52.0 Å². The number of imidazole rings is 1. The summed E-state index contributed by atoms with van der Waals surface area (Å²) in [5.41, 5.74) is 3.07. The number of urea groups is 1. The number of nitrogen functional groups attached to an aromatic ring is 1. The van der Waals surface area contributed by atoms with E-state index < -0.39 is 52.8 Å². The van der Waals surface area contributed by atoms with Gasteiger partial charge in [0.05, 0.1) is 22.5 Å². The number of anilines is 1. The van der Waals surface area contributed by atoms with Crippen LogP contribution in [0.3, 0.4) is 0 Å². The maximum atomic E-state index is 14.1. The maximum Gasteiger partial charge on any atom is 0.416 e. The lowest BCUT2D eigenvalue weighted by Gasteiger charge is -2.40. The van der Waals surface area contributed by atoms with Gasteiger partial charge in [0.1, 0.15) is 6.04 Å². The summed E-state index contributed by atoms with van der Waals surface area (Å²) in [6.07, 6.45) is -3.97. The lowest BCUT2D eigenvalue weighted by atomic mass is 9.79. The van der Waals surface area contributed by atoms with Crippen LogP contribution in [0, 0.1) is 11.8 Å². The molecule has 0 bridgehead atoms. The quantitative estimate of drug-likeness (QED) is 0.168. The van der Waals surface area contributed by atoms with Gasteiger partial charge in [-0.3, -0.25) is 9.36 Å². The minimum atomic E-state index is -5.04. The summed E-state index contributed by atoms with van der Waals surface area (Å²) in [6, 6.07) is 2.97. The number of nitrogens with one attached hydrogen (secondary N) is 2. The summed E-state index contributed by atoms with van der Waals surface area (Å²) in [5, 5.41) is 2.96. The number of nitrogens with two attached hydrogens (primary N) is 1. The molecule has 3 aromatic rings. The van der Waals surface area contributed by atoms with E-state index in [2.05, 4.69) is 54.1 Å². The van der Waals surface area contributed by atoms with Crippen LogP contribution < -0.4 is 16.7 Å². The second-order valence-electron chi connectivity index (χ2n) is 14.9. The Morgan fingerprint density at radius 3 is 1.85 bits per heavy atom. The number of carbonyl (C=O) groups is 2. The number of carbonyl (C=O) groups excluding carboxylic acids is 2. The van der Waals surface area contributed by atoms with E-state index in [4.69, 9.17) is 5.73 Å². The first kappa shape index (κ1) is 41.1. The Bertz CT molecular complexity index is 1870. The fourth-order valence-corrected chi connectivity index (χ4v) is 9.31. The molecule has 18 heteroatoms. The standard InChI is InChI=1S/C37H43Br2F6N7O3/c1-49-8-2-22(3-9-49)23-4-10-50(11-5-23)33(53)30(16-21-14-28(38)32(46)29(39)15-21)47-34(54)51-12-6-27(7-13-51)52-20-31(48-35(52)55)24-17-25(36(40,41)42)19-26(18-24)37(43,44)45/h14-15,17-20,22-23,27,30H,2-13,16,46H2,1H3,(H,47,54)(H,48,55)/t30-/m1/s1. The third-order valence-electron chi connectivity index (χ3n) is 11.2. The molecule has 4 heterocycles. The van der Waals surface area contributed by atoms with Crippen molar-refractivity contribution >= 4 is 49.5 Å². The Morgan fingerprint density at radius 2 is 1.33 bits per heavy atom. The van der Waals surface area contributed by atoms with Gasteiger partial charge in [0.25, 0.3) is 0 Å². The van der Waals surface area contributed by atoms with Crippen molar-refractivity contribution in [3.05, 3.63) is 72.6 Å². The largest absolute Gasteiger partial charge is 0.416 e. The monoisotopic (exact) mass is 905 g/mol. The molecule has 55 heavy (non-hydrogen) atoms. The van der Waals surface area contributed by atoms with Gasteiger partial charge in [0, 0.05) is 59.3 Å². The minimum Gasteiger partial charge on any atom is -0.397 e. The number of amides is 3. The highest BCUT2D eigenvalue weighted by molar-refractivity contribution is 9.11. The molecule has 0 spiro atoms. The molecule has 0 unspecified atom stereocenters. The van der Waals surface area contributed by atoms with Gasteiger partial charge < -0.3 is 30.7 Å². The first-order chi connectivity index (χ1) is 25.9. The predicted octanol–water partition coefficient (Wildman–Crippen LogP) is 7.53.